The zero-order valence-corrected chi connectivity index (χ0v) is 20.4. The number of sulfonamides is 1. The lowest BCUT2D eigenvalue weighted by Gasteiger charge is -2.33. The van der Waals surface area contributed by atoms with Gasteiger partial charge in [0.05, 0.1) is 11.8 Å². The zero-order chi connectivity index (χ0) is 23.8. The third-order valence-electron chi connectivity index (χ3n) is 5.84. The van der Waals surface area contributed by atoms with Crippen LogP contribution in [-0.2, 0) is 16.6 Å². The smallest absolute Gasteiger partial charge is 0.267 e. The molecule has 178 valence electrons. The van der Waals surface area contributed by atoms with Crippen molar-refractivity contribution in [2.75, 3.05) is 19.3 Å². The number of nitrogens with zero attached hydrogens (tertiary/aromatic N) is 1. The number of piperidine rings is 1. The summed E-state index contributed by atoms with van der Waals surface area (Å²) >= 11 is 12.6. The van der Waals surface area contributed by atoms with Gasteiger partial charge in [-0.25, -0.2) is 17.5 Å². The number of nitrogens with one attached hydrogen (secondary N) is 1. The monoisotopic (exact) mass is 514 g/mol. The Balaban J connectivity index is 1.51. The lowest BCUT2D eigenvalue weighted by atomic mass is 10.0. The molecule has 10 heteroatoms. The molecule has 1 aliphatic heterocycles. The van der Waals surface area contributed by atoms with Crippen molar-refractivity contribution in [2.45, 2.75) is 44.2 Å². The first-order valence-corrected chi connectivity index (χ1v) is 13.4. The summed E-state index contributed by atoms with van der Waals surface area (Å²) in [6.45, 7) is 2.09. The molecule has 0 radical (unpaired) electrons. The van der Waals surface area contributed by atoms with Crippen LogP contribution >= 0.6 is 23.2 Å². The van der Waals surface area contributed by atoms with Gasteiger partial charge in [0, 0.05) is 34.8 Å². The Hall–Kier alpha value is -1.87. The minimum Gasteiger partial charge on any atom is -0.489 e. The fourth-order valence-electron chi connectivity index (χ4n) is 4.12. The highest BCUT2D eigenvalue weighted by atomic mass is 35.5. The van der Waals surface area contributed by atoms with Crippen LogP contribution in [0.3, 0.4) is 0 Å². The number of carbonyl (C=O) groups excluding carboxylic acids is 1. The van der Waals surface area contributed by atoms with Crippen molar-refractivity contribution in [3.63, 3.8) is 0 Å². The summed E-state index contributed by atoms with van der Waals surface area (Å²) in [5, 5.41) is 1.23. The van der Waals surface area contributed by atoms with E-state index in [0.29, 0.717) is 28.9 Å². The van der Waals surface area contributed by atoms with E-state index in [2.05, 4.69) is 4.90 Å². The molecule has 1 aliphatic carbocycles. The Morgan fingerprint density at radius 3 is 2.55 bits per heavy atom. The molecular weight excluding hydrogens is 490 g/mol. The molecule has 4 rings (SSSR count). The van der Waals surface area contributed by atoms with Gasteiger partial charge in [0.15, 0.2) is 0 Å². The Kier molecular flexibility index (Phi) is 7.19. The highest BCUT2D eigenvalue weighted by molar-refractivity contribution is 7.89. The average Bonchev–Trinajstić information content (AvgIpc) is 3.55. The number of benzene rings is 2. The van der Waals surface area contributed by atoms with E-state index in [4.69, 9.17) is 27.9 Å². The minimum atomic E-state index is -3.80. The zero-order valence-electron chi connectivity index (χ0n) is 18.1. The molecule has 2 aromatic carbocycles. The van der Waals surface area contributed by atoms with E-state index in [9.17, 15) is 17.6 Å². The van der Waals surface area contributed by atoms with Gasteiger partial charge in [-0.05, 0) is 61.9 Å². The molecule has 1 amide bonds. The van der Waals surface area contributed by atoms with Crippen LogP contribution in [0.2, 0.25) is 10.0 Å². The van der Waals surface area contributed by atoms with Crippen molar-refractivity contribution in [1.82, 2.24) is 9.62 Å². The van der Waals surface area contributed by atoms with E-state index in [1.807, 2.05) is 22.9 Å². The number of halogens is 3. The Morgan fingerprint density at radius 2 is 1.91 bits per heavy atom. The topological polar surface area (TPSA) is 75.7 Å². The number of hydrogen-bond acceptors (Lipinski definition) is 5. The summed E-state index contributed by atoms with van der Waals surface area (Å²) in [6, 6.07) is 8.06. The first-order valence-electron chi connectivity index (χ1n) is 10.8. The number of hydrogen-bond donors (Lipinski definition) is 1. The van der Waals surface area contributed by atoms with E-state index >= 15 is 0 Å². The number of carbonyl (C=O) groups is 1. The van der Waals surface area contributed by atoms with Crippen LogP contribution < -0.4 is 9.46 Å². The number of amides is 1. The average molecular weight is 515 g/mol. The fraction of sp³-hybridized carbons (Fsp3) is 0.435. The second-order valence-corrected chi connectivity index (χ2v) is 11.2. The van der Waals surface area contributed by atoms with E-state index in [1.54, 1.807) is 0 Å². The molecule has 1 N–H and O–H groups in total. The molecule has 1 unspecified atom stereocenters. The van der Waals surface area contributed by atoms with E-state index in [-0.39, 0.29) is 17.6 Å². The minimum absolute atomic E-state index is 0.160. The molecule has 2 aliphatic rings. The van der Waals surface area contributed by atoms with Gasteiger partial charge in [-0.15, -0.1) is 0 Å². The van der Waals surface area contributed by atoms with Crippen molar-refractivity contribution < 1.29 is 22.3 Å². The van der Waals surface area contributed by atoms with E-state index < -0.39 is 21.7 Å². The van der Waals surface area contributed by atoms with Crippen LogP contribution in [0.25, 0.3) is 0 Å². The van der Waals surface area contributed by atoms with Gasteiger partial charge < -0.3 is 4.74 Å². The van der Waals surface area contributed by atoms with Crippen LogP contribution in [0.5, 0.6) is 5.75 Å². The molecule has 0 spiro atoms. The standard InChI is InChI=1S/C23H25Cl2FN2O4S/c1-33(30,31)27-23(29)17-10-16(14-7-8-14)22(11-21(17)26)32-15-4-3-9-28(12-15)13-18-19(24)5-2-6-20(18)25/h2,5-6,10-11,14-15H,3-4,7-9,12-13H2,1H3,(H,27,29). The van der Waals surface area contributed by atoms with E-state index in [0.717, 1.165) is 49.6 Å². The maximum absolute atomic E-state index is 14.8. The third-order valence-corrected chi connectivity index (χ3v) is 7.10. The molecular formula is C23H25Cl2FN2O4S. The predicted molar refractivity (Wildman–Crippen MR) is 126 cm³/mol. The van der Waals surface area contributed by atoms with Gasteiger partial charge in [-0.3, -0.25) is 9.69 Å². The molecule has 33 heavy (non-hydrogen) atoms. The fourth-order valence-corrected chi connectivity index (χ4v) is 5.09. The van der Waals surface area contributed by atoms with Crippen molar-refractivity contribution in [3.05, 3.63) is 62.9 Å². The Bertz CT molecular complexity index is 1150. The SMILES string of the molecule is CS(=O)(=O)NC(=O)c1cc(C2CC2)c(OC2CCCN(Cc3c(Cl)cccc3Cl)C2)cc1F. The summed E-state index contributed by atoms with van der Waals surface area (Å²) in [5.74, 6) is -1.21. The number of likely N-dealkylation sites (tertiary alicyclic amines) is 1. The van der Waals surface area contributed by atoms with Crippen molar-refractivity contribution in [3.8, 4) is 5.75 Å². The molecule has 1 atom stereocenters. The highest BCUT2D eigenvalue weighted by Gasteiger charge is 2.31. The molecule has 2 fully saturated rings. The Morgan fingerprint density at radius 1 is 1.21 bits per heavy atom. The molecule has 6 nitrogen and oxygen atoms in total. The van der Waals surface area contributed by atoms with Crippen molar-refractivity contribution >= 4 is 39.1 Å². The van der Waals surface area contributed by atoms with Crippen LogP contribution in [0, 0.1) is 5.82 Å². The molecule has 1 saturated heterocycles. The van der Waals surface area contributed by atoms with Gasteiger partial charge in [0.1, 0.15) is 17.7 Å². The van der Waals surface area contributed by atoms with Gasteiger partial charge in [-0.1, -0.05) is 29.3 Å². The van der Waals surface area contributed by atoms with Crippen LogP contribution in [0.15, 0.2) is 30.3 Å². The molecule has 1 saturated carbocycles. The molecule has 2 aromatic rings. The molecule has 0 bridgehead atoms. The maximum Gasteiger partial charge on any atom is 0.267 e. The second kappa shape index (κ2) is 9.78. The first-order chi connectivity index (χ1) is 15.6. The summed E-state index contributed by atoms with van der Waals surface area (Å²) in [7, 11) is -3.80. The number of ether oxygens (including phenoxy) is 1. The van der Waals surface area contributed by atoms with Crippen molar-refractivity contribution in [1.29, 1.82) is 0 Å². The van der Waals surface area contributed by atoms with Crippen LogP contribution in [0.1, 0.15) is 53.1 Å². The van der Waals surface area contributed by atoms with Gasteiger partial charge in [-0.2, -0.15) is 0 Å². The van der Waals surface area contributed by atoms with Gasteiger partial charge in [0.25, 0.3) is 5.91 Å². The first kappa shape index (κ1) is 24.3. The van der Waals surface area contributed by atoms with Crippen molar-refractivity contribution in [2.24, 2.45) is 0 Å². The second-order valence-electron chi connectivity index (χ2n) is 8.66. The van der Waals surface area contributed by atoms with E-state index in [1.165, 1.54) is 12.1 Å². The largest absolute Gasteiger partial charge is 0.489 e. The number of rotatable bonds is 7. The molecule has 0 aromatic heterocycles. The molecule has 1 heterocycles. The highest BCUT2D eigenvalue weighted by Crippen LogP contribution is 2.45. The normalized spacial score (nSPS) is 19.3. The van der Waals surface area contributed by atoms with Crippen LogP contribution in [0.4, 0.5) is 4.39 Å². The quantitative estimate of drug-likeness (QED) is 0.577. The lowest BCUT2D eigenvalue weighted by Crippen LogP contribution is -2.40. The third kappa shape index (κ3) is 6.18. The predicted octanol–water partition coefficient (Wildman–Crippen LogP) is 4.74. The van der Waals surface area contributed by atoms with Gasteiger partial charge in [0.2, 0.25) is 10.0 Å². The summed E-state index contributed by atoms with van der Waals surface area (Å²) in [5.41, 5.74) is 1.31. The summed E-state index contributed by atoms with van der Waals surface area (Å²) in [6.07, 6.45) is 4.24. The summed E-state index contributed by atoms with van der Waals surface area (Å²) in [4.78, 5) is 14.5. The summed E-state index contributed by atoms with van der Waals surface area (Å²) < 4.78 is 45.6. The Labute approximate surface area is 203 Å². The van der Waals surface area contributed by atoms with Crippen LogP contribution in [-0.4, -0.2) is 44.7 Å². The van der Waals surface area contributed by atoms with Gasteiger partial charge >= 0.3 is 0 Å². The lowest BCUT2D eigenvalue weighted by molar-refractivity contribution is 0.0833. The maximum atomic E-state index is 14.8.